The number of quaternary nitrogens is 1. The molecule has 0 spiro atoms. The second kappa shape index (κ2) is 17.6. The van der Waals surface area contributed by atoms with Gasteiger partial charge in [0.25, 0.3) is 0 Å². The van der Waals surface area contributed by atoms with Crippen LogP contribution in [-0.4, -0.2) is 48.0 Å². The van der Waals surface area contributed by atoms with E-state index in [1.165, 1.54) is 94.6 Å². The van der Waals surface area contributed by atoms with E-state index in [1.54, 1.807) is 0 Å². The van der Waals surface area contributed by atoms with E-state index < -0.39 is 6.16 Å². The van der Waals surface area contributed by atoms with E-state index in [2.05, 4.69) is 27.9 Å². The molecule has 0 aliphatic heterocycles. The lowest BCUT2D eigenvalue weighted by molar-refractivity contribution is -0.890. The highest BCUT2D eigenvalue weighted by Gasteiger charge is 2.13. The van der Waals surface area contributed by atoms with Crippen molar-refractivity contribution in [2.24, 2.45) is 0 Å². The zero-order chi connectivity index (χ0) is 18.0. The summed E-state index contributed by atoms with van der Waals surface area (Å²) in [6.45, 7) is 7.34. The Hall–Kier alpha value is -0.770. The van der Waals surface area contributed by atoms with Crippen LogP contribution in [0.5, 0.6) is 0 Å². The maximum Gasteiger partial charge on any atom is 0.503 e. The normalized spacial score (nSPS) is 11.0. The number of rotatable bonds is 14. The minimum atomic E-state index is -1.83. The Morgan fingerprint density at radius 3 is 1.22 bits per heavy atom. The maximum absolute atomic E-state index is 8.56. The van der Waals surface area contributed by atoms with Crippen molar-refractivity contribution in [2.45, 2.75) is 90.9 Å². The number of hydrogen-bond acceptors (Lipinski definition) is 1. The van der Waals surface area contributed by atoms with Gasteiger partial charge in [0, 0.05) is 0 Å². The van der Waals surface area contributed by atoms with Crippen molar-refractivity contribution in [1.29, 1.82) is 0 Å². The molecule has 0 aromatic rings. The lowest BCUT2D eigenvalue weighted by atomic mass is 10.1. The van der Waals surface area contributed by atoms with Gasteiger partial charge in [0.05, 0.1) is 27.2 Å². The van der Waals surface area contributed by atoms with Gasteiger partial charge >= 0.3 is 6.16 Å². The van der Waals surface area contributed by atoms with E-state index in [1.807, 2.05) is 0 Å². The molecule has 2 N–H and O–H groups in total. The molecule has 0 unspecified atom stereocenters. The zero-order valence-corrected chi connectivity index (χ0v) is 16.1. The minimum absolute atomic E-state index is 1.24. The largest absolute Gasteiger partial charge is 0.503 e. The first-order chi connectivity index (χ1) is 10.9. The predicted molar refractivity (Wildman–Crippen MR) is 99.2 cm³/mol. The quantitative estimate of drug-likeness (QED) is 0.303. The van der Waals surface area contributed by atoms with Gasteiger partial charge in [0.2, 0.25) is 0 Å². The van der Waals surface area contributed by atoms with Gasteiger partial charge < -0.3 is 14.7 Å². The van der Waals surface area contributed by atoms with Gasteiger partial charge in [-0.3, -0.25) is 0 Å². The summed E-state index contributed by atoms with van der Waals surface area (Å²) in [5.41, 5.74) is 0. The fourth-order valence-electron chi connectivity index (χ4n) is 2.75. The Labute approximate surface area is 144 Å². The number of carbonyl (C=O) groups is 1. The Bertz CT molecular complexity index is 233. The first kappa shape index (κ1) is 24.5. The Balaban J connectivity index is 0. The standard InChI is InChI=1S/C18H40N.CH2O3/c1-5-7-9-11-13-15-17-19(3,4)18-16-14-12-10-8-6-2;2-1(3)4/h5-18H2,1-4H3;(H2,2,3,4)/q+1;. The van der Waals surface area contributed by atoms with Gasteiger partial charge in [0.1, 0.15) is 0 Å². The fraction of sp³-hybridized carbons (Fsp3) is 0.947. The molecule has 0 amide bonds. The molecule has 0 aromatic carbocycles. The number of unbranched alkanes of at least 4 members (excludes halogenated alkanes) is 10. The first-order valence-corrected chi connectivity index (χ1v) is 9.59. The second-order valence-corrected chi connectivity index (χ2v) is 7.20. The molecule has 23 heavy (non-hydrogen) atoms. The zero-order valence-electron chi connectivity index (χ0n) is 16.1. The van der Waals surface area contributed by atoms with Crippen LogP contribution in [0, 0.1) is 0 Å². The fourth-order valence-corrected chi connectivity index (χ4v) is 2.75. The number of hydrogen-bond donors (Lipinski definition) is 2. The van der Waals surface area contributed by atoms with Crippen LogP contribution in [0.2, 0.25) is 0 Å². The highest BCUT2D eigenvalue weighted by atomic mass is 16.6. The summed E-state index contributed by atoms with van der Waals surface area (Å²) in [6, 6.07) is 0. The number of carboxylic acid groups (broad SMARTS) is 2. The minimum Gasteiger partial charge on any atom is -0.450 e. The van der Waals surface area contributed by atoms with Crippen LogP contribution in [0.3, 0.4) is 0 Å². The van der Waals surface area contributed by atoms with E-state index in [0.717, 1.165) is 0 Å². The highest BCUT2D eigenvalue weighted by molar-refractivity contribution is 5.53. The Morgan fingerprint density at radius 1 is 0.652 bits per heavy atom. The van der Waals surface area contributed by atoms with Crippen LogP contribution >= 0.6 is 0 Å². The molecule has 0 saturated heterocycles. The molecule has 0 radical (unpaired) electrons. The third-order valence-electron chi connectivity index (χ3n) is 4.23. The average Bonchev–Trinajstić information content (AvgIpc) is 2.46. The molecule has 140 valence electrons. The lowest BCUT2D eigenvalue weighted by Gasteiger charge is -2.30. The van der Waals surface area contributed by atoms with Crippen molar-refractivity contribution in [3.8, 4) is 0 Å². The van der Waals surface area contributed by atoms with Gasteiger partial charge in [-0.1, -0.05) is 65.2 Å². The predicted octanol–water partition coefficient (Wildman–Crippen LogP) is 6.01. The SMILES string of the molecule is CCCCCCCC[N+](C)(C)CCCCCCCC.O=C(O)O. The summed E-state index contributed by atoms with van der Waals surface area (Å²) in [6.07, 6.45) is 15.3. The van der Waals surface area contributed by atoms with Crippen LogP contribution in [0.25, 0.3) is 0 Å². The van der Waals surface area contributed by atoms with Crippen molar-refractivity contribution in [3.63, 3.8) is 0 Å². The third-order valence-corrected chi connectivity index (χ3v) is 4.23. The van der Waals surface area contributed by atoms with Crippen molar-refractivity contribution < 1.29 is 19.5 Å². The van der Waals surface area contributed by atoms with Crippen LogP contribution in [0.4, 0.5) is 4.79 Å². The molecule has 0 heterocycles. The van der Waals surface area contributed by atoms with E-state index >= 15 is 0 Å². The summed E-state index contributed by atoms with van der Waals surface area (Å²) in [5.74, 6) is 0. The Morgan fingerprint density at radius 2 is 0.913 bits per heavy atom. The monoisotopic (exact) mass is 332 g/mol. The van der Waals surface area contributed by atoms with Crippen LogP contribution in [0.1, 0.15) is 90.9 Å². The van der Waals surface area contributed by atoms with E-state index in [4.69, 9.17) is 15.0 Å². The molecule has 0 bridgehead atoms. The van der Waals surface area contributed by atoms with E-state index in [9.17, 15) is 0 Å². The van der Waals surface area contributed by atoms with Crippen molar-refractivity contribution in [2.75, 3.05) is 27.2 Å². The molecule has 0 rings (SSSR count). The third kappa shape index (κ3) is 26.4. The maximum atomic E-state index is 8.56. The van der Waals surface area contributed by atoms with Gasteiger partial charge in [-0.15, -0.1) is 0 Å². The molecule has 0 atom stereocenters. The molecule has 0 aliphatic rings. The van der Waals surface area contributed by atoms with E-state index in [-0.39, 0.29) is 0 Å². The van der Waals surface area contributed by atoms with Crippen LogP contribution in [-0.2, 0) is 0 Å². The van der Waals surface area contributed by atoms with Crippen molar-refractivity contribution >= 4 is 6.16 Å². The summed E-state index contributed by atoms with van der Waals surface area (Å²) < 4.78 is 1.24. The van der Waals surface area contributed by atoms with Gasteiger partial charge in [-0.2, -0.15) is 0 Å². The summed E-state index contributed by atoms with van der Waals surface area (Å²) >= 11 is 0. The molecule has 4 nitrogen and oxygen atoms in total. The summed E-state index contributed by atoms with van der Waals surface area (Å²) in [5, 5.41) is 13.9. The first-order valence-electron chi connectivity index (χ1n) is 9.59. The van der Waals surface area contributed by atoms with Gasteiger partial charge in [0.15, 0.2) is 0 Å². The molecule has 0 fully saturated rings. The highest BCUT2D eigenvalue weighted by Crippen LogP contribution is 2.11. The molecular formula is C19H42NO3+. The van der Waals surface area contributed by atoms with E-state index in [0.29, 0.717) is 0 Å². The number of nitrogens with zero attached hydrogens (tertiary/aromatic N) is 1. The van der Waals surface area contributed by atoms with Crippen LogP contribution < -0.4 is 0 Å². The summed E-state index contributed by atoms with van der Waals surface area (Å²) in [4.78, 5) is 8.56. The molecule has 0 aliphatic carbocycles. The average molecular weight is 333 g/mol. The molecule has 4 heteroatoms. The Kier molecular flexibility index (Phi) is 18.7. The molecule has 0 saturated carbocycles. The molecular weight excluding hydrogens is 290 g/mol. The summed E-state index contributed by atoms with van der Waals surface area (Å²) in [7, 11) is 4.83. The van der Waals surface area contributed by atoms with Gasteiger partial charge in [-0.25, -0.2) is 4.79 Å². The van der Waals surface area contributed by atoms with Crippen LogP contribution in [0.15, 0.2) is 0 Å². The second-order valence-electron chi connectivity index (χ2n) is 7.20. The van der Waals surface area contributed by atoms with Crippen molar-refractivity contribution in [3.05, 3.63) is 0 Å². The van der Waals surface area contributed by atoms with Crippen molar-refractivity contribution in [1.82, 2.24) is 0 Å². The molecule has 0 aromatic heterocycles. The lowest BCUT2D eigenvalue weighted by Crippen LogP contribution is -2.41. The topological polar surface area (TPSA) is 57.5 Å². The van der Waals surface area contributed by atoms with Gasteiger partial charge in [-0.05, 0) is 25.7 Å². The smallest absolute Gasteiger partial charge is 0.450 e.